The Hall–Kier alpha value is -0.290. The molecule has 11 heavy (non-hydrogen) atoms. The molecule has 6 heteroatoms. The van der Waals surface area contributed by atoms with E-state index < -0.39 is 19.8 Å². The highest BCUT2D eigenvalue weighted by atomic mass is 35.7. The largest absolute Gasteiger partial charge is 0.468 e. The molecule has 66 valence electrons. The maximum atomic E-state index is 10.8. The number of rotatable bonds is 2. The molecule has 0 unspecified atom stereocenters. The van der Waals surface area contributed by atoms with Crippen LogP contribution in [0.25, 0.3) is 0 Å². The first kappa shape index (κ1) is 10.7. The SMILES string of the molecule is COC(=O)C(C)(C)S(=O)(=O)Cl. The van der Waals surface area contributed by atoms with Crippen molar-refractivity contribution in [3.63, 3.8) is 0 Å². The first-order valence-electron chi connectivity index (χ1n) is 2.76. The number of halogens is 1. The summed E-state index contributed by atoms with van der Waals surface area (Å²) in [4.78, 5) is 10.8. The Labute approximate surface area is 69.9 Å². The molecule has 0 bridgehead atoms. The third kappa shape index (κ3) is 2.07. The first-order chi connectivity index (χ1) is 4.73. The summed E-state index contributed by atoms with van der Waals surface area (Å²) in [6.45, 7) is 2.36. The lowest BCUT2D eigenvalue weighted by atomic mass is 10.2. The predicted molar refractivity (Wildman–Crippen MR) is 40.9 cm³/mol. The van der Waals surface area contributed by atoms with E-state index in [0.29, 0.717) is 0 Å². The van der Waals surface area contributed by atoms with E-state index in [9.17, 15) is 13.2 Å². The summed E-state index contributed by atoms with van der Waals surface area (Å²) in [5, 5.41) is 0. The molecule has 0 fully saturated rings. The van der Waals surface area contributed by atoms with Gasteiger partial charge in [0.2, 0.25) is 9.05 Å². The Morgan fingerprint density at radius 1 is 1.45 bits per heavy atom. The van der Waals surface area contributed by atoms with Crippen molar-refractivity contribution in [3.8, 4) is 0 Å². The van der Waals surface area contributed by atoms with E-state index in [0.717, 1.165) is 7.11 Å². The molecule has 0 amide bonds. The summed E-state index contributed by atoms with van der Waals surface area (Å²) < 4.78 is 24.0. The van der Waals surface area contributed by atoms with E-state index in [1.165, 1.54) is 13.8 Å². The second-order valence-electron chi connectivity index (χ2n) is 2.44. The van der Waals surface area contributed by atoms with Crippen LogP contribution in [-0.2, 0) is 18.6 Å². The number of hydrogen-bond acceptors (Lipinski definition) is 4. The Morgan fingerprint density at radius 2 is 1.82 bits per heavy atom. The van der Waals surface area contributed by atoms with Crippen molar-refractivity contribution in [1.29, 1.82) is 0 Å². The predicted octanol–water partition coefficient (Wildman–Crippen LogP) is 0.507. The fourth-order valence-corrected chi connectivity index (χ4v) is 0.817. The standard InChI is InChI=1S/C5H9ClO4S/c1-5(2,4(7)10-3)11(6,8)9/h1-3H3. The Kier molecular flexibility index (Phi) is 2.91. The molecular weight excluding hydrogens is 192 g/mol. The molecule has 0 aliphatic carbocycles. The van der Waals surface area contributed by atoms with Crippen molar-refractivity contribution in [1.82, 2.24) is 0 Å². The fourth-order valence-electron chi connectivity index (χ4n) is 0.345. The van der Waals surface area contributed by atoms with Gasteiger partial charge in [-0.2, -0.15) is 0 Å². The zero-order chi connectivity index (χ0) is 9.28. The zero-order valence-corrected chi connectivity index (χ0v) is 7.99. The van der Waals surface area contributed by atoms with E-state index in [1.54, 1.807) is 0 Å². The van der Waals surface area contributed by atoms with Gasteiger partial charge in [-0.15, -0.1) is 0 Å². The van der Waals surface area contributed by atoms with Gasteiger partial charge in [0, 0.05) is 10.7 Å². The van der Waals surface area contributed by atoms with Crippen molar-refractivity contribution >= 4 is 25.7 Å². The van der Waals surface area contributed by atoms with Gasteiger partial charge in [0.1, 0.15) is 0 Å². The molecule has 0 saturated heterocycles. The molecule has 0 N–H and O–H groups in total. The van der Waals surface area contributed by atoms with Crippen LogP contribution in [0.5, 0.6) is 0 Å². The van der Waals surface area contributed by atoms with Crippen LogP contribution < -0.4 is 0 Å². The Balaban J connectivity index is 4.90. The first-order valence-corrected chi connectivity index (χ1v) is 5.07. The van der Waals surface area contributed by atoms with Crippen molar-refractivity contribution in [3.05, 3.63) is 0 Å². The van der Waals surface area contributed by atoms with E-state index in [2.05, 4.69) is 4.74 Å². The van der Waals surface area contributed by atoms with Crippen LogP contribution in [0.3, 0.4) is 0 Å². The second-order valence-corrected chi connectivity index (χ2v) is 5.55. The number of ether oxygens (including phenoxy) is 1. The molecule has 0 spiro atoms. The van der Waals surface area contributed by atoms with Gasteiger partial charge in [0.25, 0.3) is 0 Å². The summed E-state index contributed by atoms with van der Waals surface area (Å²) in [5.41, 5.74) is 0. The molecular formula is C5H9ClO4S. The van der Waals surface area contributed by atoms with Gasteiger partial charge in [0.05, 0.1) is 7.11 Å². The molecule has 0 rings (SSSR count). The zero-order valence-electron chi connectivity index (χ0n) is 6.42. The molecule has 0 heterocycles. The van der Waals surface area contributed by atoms with Gasteiger partial charge in [-0.25, -0.2) is 8.42 Å². The van der Waals surface area contributed by atoms with Crippen molar-refractivity contribution in [2.45, 2.75) is 18.6 Å². The lowest BCUT2D eigenvalue weighted by Crippen LogP contribution is -2.38. The molecule has 0 saturated carbocycles. The number of hydrogen-bond donors (Lipinski definition) is 0. The lowest BCUT2D eigenvalue weighted by Gasteiger charge is -2.16. The van der Waals surface area contributed by atoms with Crippen LogP contribution in [0, 0.1) is 0 Å². The van der Waals surface area contributed by atoms with Crippen LogP contribution in [0.4, 0.5) is 0 Å². The molecule has 4 nitrogen and oxygen atoms in total. The second kappa shape index (κ2) is 2.98. The van der Waals surface area contributed by atoms with E-state index in [-0.39, 0.29) is 0 Å². The molecule has 0 radical (unpaired) electrons. The van der Waals surface area contributed by atoms with Gasteiger partial charge in [0.15, 0.2) is 4.75 Å². The van der Waals surface area contributed by atoms with E-state index >= 15 is 0 Å². The van der Waals surface area contributed by atoms with Gasteiger partial charge in [-0.3, -0.25) is 4.79 Å². The minimum absolute atomic E-state index is 0.868. The van der Waals surface area contributed by atoms with Crippen LogP contribution in [0.2, 0.25) is 0 Å². The Morgan fingerprint density at radius 3 is 1.91 bits per heavy atom. The number of carbonyl (C=O) groups excluding carboxylic acids is 1. The smallest absolute Gasteiger partial charge is 0.327 e. The van der Waals surface area contributed by atoms with Crippen LogP contribution in [0.15, 0.2) is 0 Å². The average molecular weight is 201 g/mol. The molecule has 0 aromatic carbocycles. The maximum absolute atomic E-state index is 10.8. The molecule has 0 aliphatic rings. The summed E-state index contributed by atoms with van der Waals surface area (Å²) in [5.74, 6) is -0.868. The van der Waals surface area contributed by atoms with Crippen molar-refractivity contribution < 1.29 is 17.9 Å². The summed E-state index contributed by atoms with van der Waals surface area (Å²) in [7, 11) is 2.16. The van der Waals surface area contributed by atoms with Crippen LogP contribution >= 0.6 is 10.7 Å². The third-order valence-corrected chi connectivity index (χ3v) is 3.83. The van der Waals surface area contributed by atoms with Gasteiger partial charge in [-0.05, 0) is 13.8 Å². The Bertz CT molecular complexity index is 254. The molecule has 0 aromatic rings. The lowest BCUT2D eigenvalue weighted by molar-refractivity contribution is -0.142. The van der Waals surface area contributed by atoms with Crippen LogP contribution in [0.1, 0.15) is 13.8 Å². The minimum atomic E-state index is -3.92. The highest BCUT2D eigenvalue weighted by Gasteiger charge is 2.41. The minimum Gasteiger partial charge on any atom is -0.468 e. The average Bonchev–Trinajstić information content (AvgIpc) is 1.83. The van der Waals surface area contributed by atoms with E-state index in [1.807, 2.05) is 0 Å². The number of carbonyl (C=O) groups is 1. The highest BCUT2D eigenvalue weighted by molar-refractivity contribution is 8.15. The number of methoxy groups -OCH3 is 1. The van der Waals surface area contributed by atoms with Crippen molar-refractivity contribution in [2.75, 3.05) is 7.11 Å². The summed E-state index contributed by atoms with van der Waals surface area (Å²) in [6.07, 6.45) is 0. The van der Waals surface area contributed by atoms with Crippen LogP contribution in [-0.4, -0.2) is 26.2 Å². The van der Waals surface area contributed by atoms with Gasteiger partial charge in [-0.1, -0.05) is 0 Å². The maximum Gasteiger partial charge on any atom is 0.327 e. The topological polar surface area (TPSA) is 60.4 Å². The summed E-state index contributed by atoms with van der Waals surface area (Å²) >= 11 is 0. The van der Waals surface area contributed by atoms with Gasteiger partial charge < -0.3 is 4.74 Å². The van der Waals surface area contributed by atoms with Gasteiger partial charge >= 0.3 is 5.97 Å². The monoisotopic (exact) mass is 200 g/mol. The molecule has 0 atom stereocenters. The molecule has 0 aromatic heterocycles. The van der Waals surface area contributed by atoms with Crippen molar-refractivity contribution in [2.24, 2.45) is 0 Å². The quantitative estimate of drug-likeness (QED) is 0.481. The van der Waals surface area contributed by atoms with E-state index in [4.69, 9.17) is 10.7 Å². The summed E-state index contributed by atoms with van der Waals surface area (Å²) in [6, 6.07) is 0. The third-order valence-electron chi connectivity index (χ3n) is 1.29. The number of esters is 1. The molecule has 0 aliphatic heterocycles. The highest BCUT2D eigenvalue weighted by Crippen LogP contribution is 2.21. The normalized spacial score (nSPS) is 12.7. The fraction of sp³-hybridized carbons (Fsp3) is 0.800.